The zero-order chi connectivity index (χ0) is 15.0. The smallest absolute Gasteiger partial charge is 0.0366 e. The average molecular weight is 276 g/mol. The molecule has 1 unspecified atom stereocenters. The van der Waals surface area contributed by atoms with Crippen molar-refractivity contribution >= 4 is 5.69 Å². The lowest BCUT2D eigenvalue weighted by Crippen LogP contribution is -2.47. The maximum absolute atomic E-state index is 3.57. The van der Waals surface area contributed by atoms with Crippen LogP contribution < -0.4 is 10.2 Å². The first-order valence-corrected chi connectivity index (χ1v) is 8.04. The van der Waals surface area contributed by atoms with Gasteiger partial charge < -0.3 is 10.2 Å². The van der Waals surface area contributed by atoms with Gasteiger partial charge in [-0.25, -0.2) is 0 Å². The minimum atomic E-state index is 0.250. The van der Waals surface area contributed by atoms with E-state index in [2.05, 4.69) is 75.2 Å². The molecule has 0 aliphatic rings. The molecule has 0 spiro atoms. The molecule has 0 aliphatic carbocycles. The van der Waals surface area contributed by atoms with Crippen molar-refractivity contribution in [1.82, 2.24) is 5.32 Å². The first-order chi connectivity index (χ1) is 9.51. The number of rotatable bonds is 9. The molecule has 0 amide bonds. The van der Waals surface area contributed by atoms with Gasteiger partial charge >= 0.3 is 0 Å². The largest absolute Gasteiger partial charge is 0.371 e. The molecule has 20 heavy (non-hydrogen) atoms. The fourth-order valence-electron chi connectivity index (χ4n) is 2.50. The summed E-state index contributed by atoms with van der Waals surface area (Å²) in [5.41, 5.74) is 1.59. The van der Waals surface area contributed by atoms with E-state index in [1.165, 1.54) is 18.5 Å². The van der Waals surface area contributed by atoms with E-state index in [9.17, 15) is 0 Å². The fourth-order valence-corrected chi connectivity index (χ4v) is 2.50. The van der Waals surface area contributed by atoms with Crippen LogP contribution in [0.4, 0.5) is 5.69 Å². The van der Waals surface area contributed by atoms with Gasteiger partial charge in [-0.15, -0.1) is 0 Å². The molecule has 1 atom stereocenters. The number of hydrogen-bond donors (Lipinski definition) is 1. The number of para-hydroxylation sites is 1. The molecule has 0 saturated heterocycles. The fraction of sp³-hybridized carbons (Fsp3) is 0.667. The molecule has 0 aromatic heterocycles. The Bertz CT molecular complexity index is 359. The lowest BCUT2D eigenvalue weighted by molar-refractivity contribution is 0.263. The lowest BCUT2D eigenvalue weighted by Gasteiger charge is -2.38. The van der Waals surface area contributed by atoms with Crippen LogP contribution in [0.3, 0.4) is 0 Å². The molecule has 1 aromatic carbocycles. The second-order valence-electron chi connectivity index (χ2n) is 6.38. The highest BCUT2D eigenvalue weighted by Gasteiger charge is 2.27. The van der Waals surface area contributed by atoms with Gasteiger partial charge in [-0.2, -0.15) is 0 Å². The Balaban J connectivity index is 2.79. The van der Waals surface area contributed by atoms with Crippen LogP contribution in [0, 0.1) is 5.41 Å². The van der Waals surface area contributed by atoms with Crippen molar-refractivity contribution in [2.75, 3.05) is 24.5 Å². The zero-order valence-electron chi connectivity index (χ0n) is 13.9. The van der Waals surface area contributed by atoms with Crippen LogP contribution in [0.2, 0.25) is 0 Å². The topological polar surface area (TPSA) is 15.3 Å². The number of unbranched alkanes of at least 4 members (excludes halogenated alkanes) is 1. The standard InChI is InChI=1S/C18H32N2/c1-6-8-14-20(17-12-10-9-11-13-17)15-18(4,5)16(3)19-7-2/h9-13,16,19H,6-8,14-15H2,1-5H3. The normalized spacial score (nSPS) is 13.2. The Morgan fingerprint density at radius 2 is 1.80 bits per heavy atom. The number of nitrogens with one attached hydrogen (secondary N) is 1. The quantitative estimate of drug-likeness (QED) is 0.722. The molecular formula is C18H32N2. The van der Waals surface area contributed by atoms with Crippen molar-refractivity contribution in [1.29, 1.82) is 0 Å². The Morgan fingerprint density at radius 3 is 2.35 bits per heavy atom. The van der Waals surface area contributed by atoms with Crippen LogP contribution in [0.5, 0.6) is 0 Å². The molecule has 0 fully saturated rings. The van der Waals surface area contributed by atoms with E-state index < -0.39 is 0 Å². The summed E-state index contributed by atoms with van der Waals surface area (Å²) in [4.78, 5) is 2.54. The molecular weight excluding hydrogens is 244 g/mol. The van der Waals surface area contributed by atoms with Crippen molar-refractivity contribution in [2.45, 2.75) is 53.5 Å². The van der Waals surface area contributed by atoms with Crippen LogP contribution in [0.1, 0.15) is 47.5 Å². The highest BCUT2D eigenvalue weighted by Crippen LogP contribution is 2.26. The van der Waals surface area contributed by atoms with Crippen molar-refractivity contribution < 1.29 is 0 Å². The Labute approximate surface area is 125 Å². The van der Waals surface area contributed by atoms with Gasteiger partial charge in [-0.1, -0.05) is 52.3 Å². The first kappa shape index (κ1) is 17.0. The van der Waals surface area contributed by atoms with Crippen LogP contribution in [0.25, 0.3) is 0 Å². The summed E-state index contributed by atoms with van der Waals surface area (Å²) >= 11 is 0. The molecule has 0 saturated carbocycles. The molecule has 2 nitrogen and oxygen atoms in total. The van der Waals surface area contributed by atoms with Crippen molar-refractivity contribution in [3.63, 3.8) is 0 Å². The summed E-state index contributed by atoms with van der Waals surface area (Å²) < 4.78 is 0. The van der Waals surface area contributed by atoms with Crippen LogP contribution >= 0.6 is 0 Å². The second-order valence-corrected chi connectivity index (χ2v) is 6.38. The lowest BCUT2D eigenvalue weighted by atomic mass is 9.84. The maximum Gasteiger partial charge on any atom is 0.0366 e. The summed E-state index contributed by atoms with van der Waals surface area (Å²) in [6.45, 7) is 14.7. The average Bonchev–Trinajstić information content (AvgIpc) is 2.44. The number of hydrogen-bond acceptors (Lipinski definition) is 2. The van der Waals surface area contributed by atoms with E-state index in [1.54, 1.807) is 0 Å². The minimum Gasteiger partial charge on any atom is -0.371 e. The zero-order valence-corrected chi connectivity index (χ0v) is 13.9. The van der Waals surface area contributed by atoms with Gasteiger partial charge in [0, 0.05) is 24.8 Å². The Hall–Kier alpha value is -1.02. The van der Waals surface area contributed by atoms with Gasteiger partial charge in [0.1, 0.15) is 0 Å². The van der Waals surface area contributed by atoms with Crippen LogP contribution in [0.15, 0.2) is 30.3 Å². The van der Waals surface area contributed by atoms with E-state index in [0.29, 0.717) is 6.04 Å². The predicted molar refractivity (Wildman–Crippen MR) is 90.5 cm³/mol. The Kier molecular flexibility index (Phi) is 7.08. The highest BCUT2D eigenvalue weighted by atomic mass is 15.1. The third-order valence-electron chi connectivity index (χ3n) is 4.18. The molecule has 114 valence electrons. The monoisotopic (exact) mass is 276 g/mol. The molecule has 0 radical (unpaired) electrons. The predicted octanol–water partition coefficient (Wildman–Crippen LogP) is 4.32. The SMILES string of the molecule is CCCCN(CC(C)(C)C(C)NCC)c1ccccc1. The summed E-state index contributed by atoms with van der Waals surface area (Å²) in [7, 11) is 0. The number of nitrogens with zero attached hydrogens (tertiary/aromatic N) is 1. The summed E-state index contributed by atoms with van der Waals surface area (Å²) in [5.74, 6) is 0. The van der Waals surface area contributed by atoms with Crippen molar-refractivity contribution in [3.05, 3.63) is 30.3 Å². The van der Waals surface area contributed by atoms with E-state index in [0.717, 1.165) is 19.6 Å². The summed E-state index contributed by atoms with van der Waals surface area (Å²) in [6.07, 6.45) is 2.49. The molecule has 0 bridgehead atoms. The van der Waals surface area contributed by atoms with Gasteiger partial charge in [0.05, 0.1) is 0 Å². The summed E-state index contributed by atoms with van der Waals surface area (Å²) in [6, 6.07) is 11.3. The van der Waals surface area contributed by atoms with Crippen molar-refractivity contribution in [2.24, 2.45) is 5.41 Å². The molecule has 1 N–H and O–H groups in total. The van der Waals surface area contributed by atoms with Gasteiger partial charge in [0.25, 0.3) is 0 Å². The molecule has 1 aromatic rings. The third kappa shape index (κ3) is 5.16. The van der Waals surface area contributed by atoms with Gasteiger partial charge in [-0.3, -0.25) is 0 Å². The number of anilines is 1. The molecule has 0 heterocycles. The van der Waals surface area contributed by atoms with Crippen LogP contribution in [-0.4, -0.2) is 25.7 Å². The Morgan fingerprint density at radius 1 is 1.15 bits per heavy atom. The van der Waals surface area contributed by atoms with Crippen molar-refractivity contribution in [3.8, 4) is 0 Å². The maximum atomic E-state index is 3.57. The first-order valence-electron chi connectivity index (χ1n) is 8.04. The second kappa shape index (κ2) is 8.31. The van der Waals surface area contributed by atoms with Gasteiger partial charge in [0.15, 0.2) is 0 Å². The summed E-state index contributed by atoms with van der Waals surface area (Å²) in [5, 5.41) is 3.57. The number of benzene rings is 1. The van der Waals surface area contributed by atoms with Crippen LogP contribution in [-0.2, 0) is 0 Å². The van der Waals surface area contributed by atoms with Gasteiger partial charge in [0.2, 0.25) is 0 Å². The molecule has 2 heteroatoms. The molecule has 0 aliphatic heterocycles. The van der Waals surface area contributed by atoms with E-state index in [4.69, 9.17) is 0 Å². The highest BCUT2D eigenvalue weighted by molar-refractivity contribution is 5.46. The third-order valence-corrected chi connectivity index (χ3v) is 4.18. The van der Waals surface area contributed by atoms with E-state index >= 15 is 0 Å². The van der Waals surface area contributed by atoms with E-state index in [-0.39, 0.29) is 5.41 Å². The van der Waals surface area contributed by atoms with Gasteiger partial charge in [-0.05, 0) is 37.4 Å². The van der Waals surface area contributed by atoms with E-state index in [1.807, 2.05) is 0 Å². The minimum absolute atomic E-state index is 0.250. The molecule has 1 rings (SSSR count).